The first kappa shape index (κ1) is 38.3. The SMILES string of the molecule is C=C(C)/C=C\C.CC.CC.c1ccc(-c2c3ccccc3c(-c3ccc(-c4ccc5c(c4)c4ccccc4n5-c4ccccc4)cc3)c3ccccc23)cc1. The van der Waals surface area contributed by atoms with Crippen molar-refractivity contribution in [3.05, 3.63) is 200 Å². The fourth-order valence-corrected chi connectivity index (χ4v) is 7.48. The smallest absolute Gasteiger partial charge is 0.0541 e. The van der Waals surface area contributed by atoms with Gasteiger partial charge >= 0.3 is 0 Å². The Morgan fingerprint density at radius 1 is 0.418 bits per heavy atom. The van der Waals surface area contributed by atoms with Gasteiger partial charge in [-0.1, -0.05) is 198 Å². The van der Waals surface area contributed by atoms with Crippen LogP contribution in [0.15, 0.2) is 200 Å². The Labute approximate surface area is 327 Å². The zero-order chi connectivity index (χ0) is 38.7. The van der Waals surface area contributed by atoms with Gasteiger partial charge in [0.1, 0.15) is 0 Å². The zero-order valence-electron chi connectivity index (χ0n) is 33.1. The largest absolute Gasteiger partial charge is 0.309 e. The molecule has 272 valence electrons. The van der Waals surface area contributed by atoms with Crippen molar-refractivity contribution in [3.63, 3.8) is 0 Å². The summed E-state index contributed by atoms with van der Waals surface area (Å²) in [6, 6.07) is 63.9. The van der Waals surface area contributed by atoms with Crippen molar-refractivity contribution in [1.29, 1.82) is 0 Å². The fourth-order valence-electron chi connectivity index (χ4n) is 7.48. The maximum atomic E-state index is 3.66. The van der Waals surface area contributed by atoms with E-state index in [2.05, 4.69) is 187 Å². The summed E-state index contributed by atoms with van der Waals surface area (Å²) in [6.07, 6.45) is 3.95. The number of fused-ring (bicyclic) bond motifs is 5. The Kier molecular flexibility index (Phi) is 12.6. The molecule has 9 aromatic rings. The van der Waals surface area contributed by atoms with Crippen LogP contribution in [-0.4, -0.2) is 4.57 Å². The van der Waals surface area contributed by atoms with Gasteiger partial charge in [0, 0.05) is 16.5 Å². The second kappa shape index (κ2) is 18.1. The summed E-state index contributed by atoms with van der Waals surface area (Å²) in [4.78, 5) is 0. The lowest BCUT2D eigenvalue weighted by Gasteiger charge is -2.18. The standard InChI is InChI=1S/C44H29N.C6H10.2C2H6/c1-3-13-31(14-4-1)43-36-18-7-9-20-38(36)44(39-21-10-8-19-37(39)43)32-25-23-30(24-26-32)33-27-28-42-40(29-33)35-17-11-12-22-41(35)45(42)34-15-5-2-6-16-34;1-4-5-6(2)3;2*1-2/h1-29H;4-5H,2H2,1,3H3;2*1-2H3/b;5-4-;;. The van der Waals surface area contributed by atoms with E-state index in [1.54, 1.807) is 0 Å². The molecule has 0 amide bonds. The summed E-state index contributed by atoms with van der Waals surface area (Å²) in [5, 5.41) is 7.65. The summed E-state index contributed by atoms with van der Waals surface area (Å²) in [5.41, 5.74) is 12.2. The molecule has 0 N–H and O–H groups in total. The van der Waals surface area contributed by atoms with E-state index in [1.807, 2.05) is 53.7 Å². The van der Waals surface area contributed by atoms with Gasteiger partial charge in [0.25, 0.3) is 0 Å². The lowest BCUT2D eigenvalue weighted by Crippen LogP contribution is -1.92. The number of hydrogen-bond acceptors (Lipinski definition) is 0. The molecule has 1 heterocycles. The maximum Gasteiger partial charge on any atom is 0.0541 e. The summed E-state index contributed by atoms with van der Waals surface area (Å²) in [6.45, 7) is 15.6. The number of hydrogen-bond donors (Lipinski definition) is 0. The van der Waals surface area contributed by atoms with E-state index in [0.29, 0.717) is 0 Å². The first-order valence-corrected chi connectivity index (χ1v) is 19.6. The Balaban J connectivity index is 0.000000466. The van der Waals surface area contributed by atoms with Crippen molar-refractivity contribution in [1.82, 2.24) is 4.57 Å². The average Bonchev–Trinajstić information content (AvgIpc) is 3.59. The third-order valence-corrected chi connectivity index (χ3v) is 9.64. The molecule has 0 aliphatic rings. The highest BCUT2D eigenvalue weighted by molar-refractivity contribution is 6.21. The molecular weight excluding hydrogens is 663 g/mol. The van der Waals surface area contributed by atoms with Crippen molar-refractivity contribution in [3.8, 4) is 39.1 Å². The molecule has 0 saturated heterocycles. The number of para-hydroxylation sites is 2. The Morgan fingerprint density at radius 3 is 1.31 bits per heavy atom. The Bertz CT molecular complexity index is 2640. The van der Waals surface area contributed by atoms with Gasteiger partial charge < -0.3 is 4.57 Å². The molecule has 0 bridgehead atoms. The van der Waals surface area contributed by atoms with Crippen molar-refractivity contribution in [2.75, 3.05) is 0 Å². The minimum absolute atomic E-state index is 1.11. The minimum Gasteiger partial charge on any atom is -0.309 e. The third kappa shape index (κ3) is 7.79. The van der Waals surface area contributed by atoms with Gasteiger partial charge in [-0.05, 0) is 99.1 Å². The van der Waals surface area contributed by atoms with Crippen molar-refractivity contribution < 1.29 is 0 Å². The highest BCUT2D eigenvalue weighted by Crippen LogP contribution is 2.44. The molecule has 0 radical (unpaired) electrons. The van der Waals surface area contributed by atoms with Crippen LogP contribution in [0.1, 0.15) is 41.5 Å². The lowest BCUT2D eigenvalue weighted by atomic mass is 9.86. The van der Waals surface area contributed by atoms with Crippen molar-refractivity contribution in [2.45, 2.75) is 41.5 Å². The number of allylic oxidation sites excluding steroid dienone is 3. The normalized spacial score (nSPS) is 10.7. The number of nitrogens with zero attached hydrogens (tertiary/aromatic N) is 1. The van der Waals surface area contributed by atoms with E-state index in [-0.39, 0.29) is 0 Å². The van der Waals surface area contributed by atoms with E-state index in [4.69, 9.17) is 0 Å². The molecule has 0 fully saturated rings. The molecule has 0 spiro atoms. The molecule has 0 aliphatic heterocycles. The van der Waals surface area contributed by atoms with Gasteiger partial charge in [-0.25, -0.2) is 0 Å². The van der Waals surface area contributed by atoms with Gasteiger partial charge in [0.05, 0.1) is 11.0 Å². The topological polar surface area (TPSA) is 4.93 Å². The molecule has 1 heteroatoms. The fraction of sp³-hybridized carbons (Fsp3) is 0.111. The molecule has 55 heavy (non-hydrogen) atoms. The number of benzene rings is 8. The number of rotatable bonds is 5. The quantitative estimate of drug-likeness (QED) is 0.124. The van der Waals surface area contributed by atoms with Gasteiger partial charge in [-0.3, -0.25) is 0 Å². The van der Waals surface area contributed by atoms with Crippen LogP contribution in [0.25, 0.3) is 82.4 Å². The molecule has 0 saturated carbocycles. The van der Waals surface area contributed by atoms with E-state index in [0.717, 1.165) is 5.57 Å². The zero-order valence-corrected chi connectivity index (χ0v) is 33.1. The molecule has 8 aromatic carbocycles. The predicted octanol–water partition coefficient (Wildman–Crippen LogP) is 16.3. The van der Waals surface area contributed by atoms with Crippen LogP contribution >= 0.6 is 0 Å². The van der Waals surface area contributed by atoms with E-state index in [1.165, 1.54) is 82.4 Å². The number of aromatic nitrogens is 1. The Morgan fingerprint density at radius 2 is 0.818 bits per heavy atom. The second-order valence-electron chi connectivity index (χ2n) is 13.1. The van der Waals surface area contributed by atoms with Crippen molar-refractivity contribution >= 4 is 43.4 Å². The predicted molar refractivity (Wildman–Crippen MR) is 244 cm³/mol. The molecule has 0 atom stereocenters. The Hall–Kier alpha value is -6.44. The van der Waals surface area contributed by atoms with Gasteiger partial charge in [-0.15, -0.1) is 0 Å². The molecular formula is C54H51N. The van der Waals surface area contributed by atoms with E-state index in [9.17, 15) is 0 Å². The first-order valence-electron chi connectivity index (χ1n) is 19.6. The summed E-state index contributed by atoms with van der Waals surface area (Å²) >= 11 is 0. The highest BCUT2D eigenvalue weighted by Gasteiger charge is 2.17. The van der Waals surface area contributed by atoms with Gasteiger partial charge in [0.2, 0.25) is 0 Å². The van der Waals surface area contributed by atoms with Crippen LogP contribution in [-0.2, 0) is 0 Å². The van der Waals surface area contributed by atoms with Gasteiger partial charge in [0.15, 0.2) is 0 Å². The average molecular weight is 714 g/mol. The highest BCUT2D eigenvalue weighted by atomic mass is 15.0. The summed E-state index contributed by atoms with van der Waals surface area (Å²) in [7, 11) is 0. The summed E-state index contributed by atoms with van der Waals surface area (Å²) < 4.78 is 2.37. The summed E-state index contributed by atoms with van der Waals surface area (Å²) in [5.74, 6) is 0. The van der Waals surface area contributed by atoms with Crippen LogP contribution < -0.4 is 0 Å². The van der Waals surface area contributed by atoms with Crippen LogP contribution in [0.4, 0.5) is 0 Å². The molecule has 0 unspecified atom stereocenters. The molecule has 1 nitrogen and oxygen atoms in total. The lowest BCUT2D eigenvalue weighted by molar-refractivity contribution is 1.18. The molecule has 0 aliphatic carbocycles. The second-order valence-corrected chi connectivity index (χ2v) is 13.1. The maximum absolute atomic E-state index is 3.66. The van der Waals surface area contributed by atoms with Gasteiger partial charge in [-0.2, -0.15) is 0 Å². The van der Waals surface area contributed by atoms with Crippen molar-refractivity contribution in [2.24, 2.45) is 0 Å². The monoisotopic (exact) mass is 713 g/mol. The van der Waals surface area contributed by atoms with Crippen LogP contribution in [0.5, 0.6) is 0 Å². The van der Waals surface area contributed by atoms with E-state index >= 15 is 0 Å². The minimum atomic E-state index is 1.11. The van der Waals surface area contributed by atoms with Crippen LogP contribution in [0.2, 0.25) is 0 Å². The molecule has 9 rings (SSSR count). The van der Waals surface area contributed by atoms with Crippen LogP contribution in [0, 0.1) is 0 Å². The molecule has 1 aromatic heterocycles. The third-order valence-electron chi connectivity index (χ3n) is 9.64. The van der Waals surface area contributed by atoms with E-state index < -0.39 is 0 Å². The van der Waals surface area contributed by atoms with Crippen LogP contribution in [0.3, 0.4) is 0 Å². The first-order chi connectivity index (χ1) is 27.1.